The van der Waals surface area contributed by atoms with Crippen LogP contribution in [0.4, 0.5) is 0 Å². The number of hydrogen-bond acceptors (Lipinski definition) is 1. The number of hydrogen-bond donors (Lipinski definition) is 1. The quantitative estimate of drug-likeness (QED) is 0.516. The van der Waals surface area contributed by atoms with Crippen molar-refractivity contribution in [1.29, 1.82) is 0 Å². The van der Waals surface area contributed by atoms with Gasteiger partial charge in [0.1, 0.15) is 0 Å². The van der Waals surface area contributed by atoms with Gasteiger partial charge >= 0.3 is 0 Å². The Morgan fingerprint density at radius 1 is 0.714 bits per heavy atom. The van der Waals surface area contributed by atoms with Crippen LogP contribution in [0.15, 0.2) is 0 Å². The Hall–Kier alpha value is -0.0400. The molecule has 160 valence electrons. The van der Waals surface area contributed by atoms with Gasteiger partial charge in [-0.15, -0.1) is 0 Å². The van der Waals surface area contributed by atoms with Crippen molar-refractivity contribution in [3.63, 3.8) is 0 Å². The van der Waals surface area contributed by atoms with Gasteiger partial charge in [-0.2, -0.15) is 0 Å². The second-order valence-corrected chi connectivity index (χ2v) is 12.7. The normalized spacial score (nSPS) is 51.9. The summed E-state index contributed by atoms with van der Waals surface area (Å²) >= 11 is 0. The highest BCUT2D eigenvalue weighted by Crippen LogP contribution is 2.54. The molecule has 6 rings (SSSR count). The highest BCUT2D eigenvalue weighted by atomic mass is 15.2. The minimum atomic E-state index is 0.517. The predicted octanol–water partition coefficient (Wildman–Crippen LogP) is 7.06. The van der Waals surface area contributed by atoms with Crippen LogP contribution in [0.5, 0.6) is 0 Å². The number of rotatable bonds is 3. The smallest absolute Gasteiger partial charge is 0.0307 e. The first-order valence-electron chi connectivity index (χ1n) is 13.3. The fourth-order valence-electron chi connectivity index (χ4n) is 8.80. The zero-order chi connectivity index (χ0) is 19.3. The second-order valence-electron chi connectivity index (χ2n) is 12.7. The molecule has 28 heavy (non-hydrogen) atoms. The van der Waals surface area contributed by atoms with Crippen LogP contribution in [0, 0.1) is 53.3 Å². The molecule has 0 aromatic rings. The van der Waals surface area contributed by atoms with Crippen LogP contribution in [0.1, 0.15) is 104 Å². The Bertz CT molecular complexity index is 518. The molecule has 0 amide bonds. The van der Waals surface area contributed by atoms with Gasteiger partial charge in [-0.05, 0) is 105 Å². The maximum atomic E-state index is 3.74. The summed E-state index contributed by atoms with van der Waals surface area (Å²) in [5.74, 6) is 9.32. The third-order valence-electron chi connectivity index (χ3n) is 10.6. The first-order valence-corrected chi connectivity index (χ1v) is 13.3. The summed E-state index contributed by atoms with van der Waals surface area (Å²) in [4.78, 5) is 0. The Kier molecular flexibility index (Phi) is 5.61. The molecule has 6 fully saturated rings. The standard InChI is InChI=1S/C27H47N/c1-18(2)26-16-23(15-21-9-4-5-10-25(21)26)22-11-19-7-6-8-20(12-22)14-24(13-19)27(3)17-28-27/h18-26,28H,4-17H2,1-3H3. The molecule has 5 aliphatic carbocycles. The van der Waals surface area contributed by atoms with E-state index >= 15 is 0 Å². The molecule has 0 aromatic carbocycles. The van der Waals surface area contributed by atoms with Gasteiger partial charge in [-0.25, -0.2) is 0 Å². The molecular weight excluding hydrogens is 338 g/mol. The van der Waals surface area contributed by atoms with Crippen LogP contribution in [-0.2, 0) is 0 Å². The van der Waals surface area contributed by atoms with E-state index in [1.54, 1.807) is 64.2 Å². The van der Waals surface area contributed by atoms with E-state index in [1.807, 2.05) is 0 Å². The topological polar surface area (TPSA) is 21.9 Å². The largest absolute Gasteiger partial charge is 0.308 e. The Balaban J connectivity index is 1.32. The van der Waals surface area contributed by atoms with Gasteiger partial charge in [0.05, 0.1) is 0 Å². The molecule has 0 spiro atoms. The fourth-order valence-corrected chi connectivity index (χ4v) is 8.80. The van der Waals surface area contributed by atoms with Crippen LogP contribution in [0.25, 0.3) is 0 Å². The molecule has 1 N–H and O–H groups in total. The van der Waals surface area contributed by atoms with Crippen LogP contribution in [-0.4, -0.2) is 12.1 Å². The lowest BCUT2D eigenvalue weighted by molar-refractivity contribution is 0.00129. The molecule has 5 saturated carbocycles. The van der Waals surface area contributed by atoms with Gasteiger partial charge in [-0.3, -0.25) is 0 Å². The summed E-state index contributed by atoms with van der Waals surface area (Å²) in [6.45, 7) is 8.89. The van der Waals surface area contributed by atoms with Gasteiger partial charge in [0.25, 0.3) is 0 Å². The summed E-state index contributed by atoms with van der Waals surface area (Å²) in [5.41, 5.74) is 0.517. The molecule has 1 nitrogen and oxygen atoms in total. The van der Waals surface area contributed by atoms with E-state index in [0.717, 1.165) is 53.3 Å². The molecule has 7 unspecified atom stereocenters. The average Bonchev–Trinajstić information content (AvgIpc) is 3.37. The summed E-state index contributed by atoms with van der Waals surface area (Å²) < 4.78 is 0. The van der Waals surface area contributed by atoms with Crippen molar-refractivity contribution < 1.29 is 0 Å². The van der Waals surface area contributed by atoms with Crippen LogP contribution >= 0.6 is 0 Å². The zero-order valence-corrected chi connectivity index (χ0v) is 19.1. The second kappa shape index (κ2) is 7.90. The molecular formula is C27H47N. The van der Waals surface area contributed by atoms with Crippen LogP contribution in [0.2, 0.25) is 0 Å². The number of fused-ring (bicyclic) bond motifs is 7. The van der Waals surface area contributed by atoms with Gasteiger partial charge < -0.3 is 5.32 Å². The maximum Gasteiger partial charge on any atom is 0.0307 e. The highest BCUT2D eigenvalue weighted by Gasteiger charge is 2.48. The molecule has 2 bridgehead atoms. The zero-order valence-electron chi connectivity index (χ0n) is 19.1. The summed E-state index contributed by atoms with van der Waals surface area (Å²) in [5, 5.41) is 3.74. The number of nitrogens with one attached hydrogen (secondary N) is 1. The highest BCUT2D eigenvalue weighted by molar-refractivity contribution is 5.06. The molecule has 0 aromatic heterocycles. The molecule has 1 heteroatoms. The molecule has 0 radical (unpaired) electrons. The van der Waals surface area contributed by atoms with Crippen LogP contribution < -0.4 is 5.32 Å². The lowest BCUT2D eigenvalue weighted by Gasteiger charge is -2.50. The predicted molar refractivity (Wildman–Crippen MR) is 119 cm³/mol. The van der Waals surface area contributed by atoms with Crippen molar-refractivity contribution in [3.05, 3.63) is 0 Å². The van der Waals surface area contributed by atoms with Crippen LogP contribution in [0.3, 0.4) is 0 Å². The third kappa shape index (κ3) is 3.95. The van der Waals surface area contributed by atoms with Gasteiger partial charge in [0.2, 0.25) is 0 Å². The van der Waals surface area contributed by atoms with Crippen molar-refractivity contribution in [2.24, 2.45) is 53.3 Å². The van der Waals surface area contributed by atoms with Crippen molar-refractivity contribution >= 4 is 0 Å². The molecule has 7 atom stereocenters. The summed E-state index contributed by atoms with van der Waals surface area (Å²) in [7, 11) is 0. The van der Waals surface area contributed by atoms with E-state index in [0.29, 0.717) is 5.54 Å². The van der Waals surface area contributed by atoms with Gasteiger partial charge in [-0.1, -0.05) is 52.4 Å². The Morgan fingerprint density at radius 3 is 2.00 bits per heavy atom. The van der Waals surface area contributed by atoms with Crippen molar-refractivity contribution in [2.75, 3.05) is 6.54 Å². The van der Waals surface area contributed by atoms with Crippen molar-refractivity contribution in [2.45, 2.75) is 110 Å². The first-order chi connectivity index (χ1) is 13.5. The lowest BCUT2D eigenvalue weighted by Crippen LogP contribution is -2.41. The van der Waals surface area contributed by atoms with E-state index in [2.05, 4.69) is 26.1 Å². The lowest BCUT2D eigenvalue weighted by atomic mass is 9.55. The van der Waals surface area contributed by atoms with Gasteiger partial charge in [0, 0.05) is 12.1 Å². The van der Waals surface area contributed by atoms with E-state index in [4.69, 9.17) is 0 Å². The third-order valence-corrected chi connectivity index (χ3v) is 10.6. The molecule has 1 saturated heterocycles. The van der Waals surface area contributed by atoms with E-state index in [1.165, 1.54) is 25.8 Å². The molecule has 6 aliphatic rings. The van der Waals surface area contributed by atoms with Gasteiger partial charge in [0.15, 0.2) is 0 Å². The minimum absolute atomic E-state index is 0.517. The summed E-state index contributed by atoms with van der Waals surface area (Å²) in [6, 6.07) is 0. The fraction of sp³-hybridized carbons (Fsp3) is 1.00. The average molecular weight is 386 g/mol. The SMILES string of the molecule is CC(C)C1CC(C2CC3CCCC(C2)CC(C2(C)CN2)C3)CC2CCCCC21. The van der Waals surface area contributed by atoms with E-state index in [-0.39, 0.29) is 0 Å². The van der Waals surface area contributed by atoms with Crippen molar-refractivity contribution in [3.8, 4) is 0 Å². The van der Waals surface area contributed by atoms with Crippen molar-refractivity contribution in [1.82, 2.24) is 5.32 Å². The monoisotopic (exact) mass is 385 g/mol. The Morgan fingerprint density at radius 2 is 1.36 bits per heavy atom. The molecule has 1 aliphatic heterocycles. The molecule has 1 heterocycles. The maximum absolute atomic E-state index is 3.74. The van der Waals surface area contributed by atoms with E-state index < -0.39 is 0 Å². The minimum Gasteiger partial charge on any atom is -0.308 e. The first kappa shape index (κ1) is 19.9. The van der Waals surface area contributed by atoms with E-state index in [9.17, 15) is 0 Å². The Labute approximate surface area is 175 Å². The summed E-state index contributed by atoms with van der Waals surface area (Å²) in [6.07, 6.45) is 20.3.